The van der Waals surface area contributed by atoms with E-state index in [1.54, 1.807) is 0 Å². The Kier molecular flexibility index (Phi) is 5.66. The van der Waals surface area contributed by atoms with Gasteiger partial charge in [0.15, 0.2) is 6.61 Å². The second-order valence-electron chi connectivity index (χ2n) is 5.61. The van der Waals surface area contributed by atoms with Crippen molar-refractivity contribution in [2.45, 2.75) is 31.2 Å². The fraction of sp³-hybridized carbons (Fsp3) is 0.400. The summed E-state index contributed by atoms with van der Waals surface area (Å²) in [6.07, 6.45) is -9.87. The first-order valence-electron chi connectivity index (χ1n) is 7.41. The molecule has 0 bridgehead atoms. The Morgan fingerprint density at radius 3 is 2.07 bits per heavy atom. The minimum absolute atomic E-state index is 0.0849. The van der Waals surface area contributed by atoms with Crippen molar-refractivity contribution in [1.29, 1.82) is 0 Å². The average molecular weight is 398 g/mol. The maximum Gasteiger partial charge on any atom is 0.416 e. The molecule has 2 amide bonds. The van der Waals surface area contributed by atoms with Gasteiger partial charge >= 0.3 is 18.3 Å². The van der Waals surface area contributed by atoms with E-state index in [-0.39, 0.29) is 24.8 Å². The largest absolute Gasteiger partial charge is 0.454 e. The number of ether oxygens (including phenoxy) is 1. The summed E-state index contributed by atoms with van der Waals surface area (Å²) < 4.78 is 81.1. The maximum absolute atomic E-state index is 12.7. The number of hydrogen-bond donors (Lipinski definition) is 2. The molecular weight excluding hydrogens is 386 g/mol. The second kappa shape index (κ2) is 7.45. The highest BCUT2D eigenvalue weighted by molar-refractivity contribution is 5.94. The minimum Gasteiger partial charge on any atom is -0.454 e. The molecule has 6 nitrogen and oxygen atoms in total. The highest BCUT2D eigenvalue weighted by atomic mass is 19.4. The summed E-state index contributed by atoms with van der Waals surface area (Å²) in [7, 11) is 0. The van der Waals surface area contributed by atoms with Crippen LogP contribution in [0.25, 0.3) is 0 Å². The molecule has 1 fully saturated rings. The topological polar surface area (TPSA) is 84.5 Å². The first-order chi connectivity index (χ1) is 12.4. The summed E-state index contributed by atoms with van der Waals surface area (Å²) in [6, 6.07) is -0.382. The molecule has 0 saturated carbocycles. The van der Waals surface area contributed by atoms with Crippen LogP contribution in [0.1, 0.15) is 24.0 Å². The molecule has 1 aromatic carbocycles. The van der Waals surface area contributed by atoms with Crippen LogP contribution < -0.4 is 10.6 Å². The molecule has 0 aromatic heterocycles. The van der Waals surface area contributed by atoms with Crippen LogP contribution in [0.2, 0.25) is 0 Å². The van der Waals surface area contributed by atoms with Crippen LogP contribution in [0.4, 0.5) is 32.0 Å². The van der Waals surface area contributed by atoms with Gasteiger partial charge in [-0.1, -0.05) is 0 Å². The van der Waals surface area contributed by atoms with E-state index in [2.05, 4.69) is 10.1 Å². The predicted octanol–water partition coefficient (Wildman–Crippen LogP) is 2.48. The van der Waals surface area contributed by atoms with Gasteiger partial charge in [-0.15, -0.1) is 0 Å². The fourth-order valence-corrected chi connectivity index (χ4v) is 2.25. The molecule has 1 saturated heterocycles. The number of rotatable bonds is 4. The van der Waals surface area contributed by atoms with Gasteiger partial charge in [0.2, 0.25) is 5.91 Å². The van der Waals surface area contributed by atoms with Crippen LogP contribution in [0.3, 0.4) is 0 Å². The smallest absolute Gasteiger partial charge is 0.416 e. The molecule has 2 N–H and O–H groups in total. The zero-order chi connectivity index (χ0) is 20.4. The van der Waals surface area contributed by atoms with Crippen LogP contribution in [0.15, 0.2) is 18.2 Å². The molecule has 1 aromatic rings. The molecule has 12 heteroatoms. The number of esters is 1. The Hall–Kier alpha value is -2.79. The van der Waals surface area contributed by atoms with Crippen molar-refractivity contribution >= 4 is 23.5 Å². The van der Waals surface area contributed by atoms with Crippen molar-refractivity contribution in [2.75, 3.05) is 11.9 Å². The summed E-state index contributed by atoms with van der Waals surface area (Å²) in [5.74, 6) is -2.46. The Morgan fingerprint density at radius 2 is 1.63 bits per heavy atom. The number of alkyl halides is 6. The molecule has 148 valence electrons. The van der Waals surface area contributed by atoms with Crippen molar-refractivity contribution < 1.29 is 45.5 Å². The standard InChI is InChI=1S/C15H12F6N2O4/c16-14(17,18)7-3-8(15(19,20)21)5-9(4-7)22-12(25)6-27-13(26)10-1-2-11(24)23-10/h3-5,10H,1-2,6H2,(H,22,25)(H,23,24)/t10-/m0/s1. The zero-order valence-electron chi connectivity index (χ0n) is 13.3. The summed E-state index contributed by atoms with van der Waals surface area (Å²) in [4.78, 5) is 34.3. The van der Waals surface area contributed by atoms with Crippen LogP contribution in [0.5, 0.6) is 0 Å². The monoisotopic (exact) mass is 398 g/mol. The molecule has 1 aliphatic rings. The van der Waals surface area contributed by atoms with Crippen molar-refractivity contribution in [3.63, 3.8) is 0 Å². The van der Waals surface area contributed by atoms with Gasteiger partial charge in [0.05, 0.1) is 11.1 Å². The quantitative estimate of drug-likeness (QED) is 0.603. The number of nitrogens with one attached hydrogen (secondary N) is 2. The molecule has 1 heterocycles. The fourth-order valence-electron chi connectivity index (χ4n) is 2.25. The molecule has 0 unspecified atom stereocenters. The Morgan fingerprint density at radius 1 is 1.07 bits per heavy atom. The summed E-state index contributed by atoms with van der Waals surface area (Å²) >= 11 is 0. The van der Waals surface area contributed by atoms with E-state index in [0.29, 0.717) is 12.1 Å². The Labute approximate surface area is 147 Å². The number of hydrogen-bond acceptors (Lipinski definition) is 4. The van der Waals surface area contributed by atoms with E-state index in [1.165, 1.54) is 0 Å². The lowest BCUT2D eigenvalue weighted by Gasteiger charge is -2.15. The number of benzene rings is 1. The Bertz CT molecular complexity index is 727. The summed E-state index contributed by atoms with van der Waals surface area (Å²) in [5.41, 5.74) is -3.95. The molecular formula is C15H12F6N2O4. The van der Waals surface area contributed by atoms with Gasteiger partial charge in [-0.3, -0.25) is 9.59 Å². The number of amides is 2. The molecule has 1 atom stereocenters. The molecule has 0 aliphatic carbocycles. The van der Waals surface area contributed by atoms with Gasteiger partial charge in [-0.05, 0) is 24.6 Å². The van der Waals surface area contributed by atoms with Gasteiger partial charge in [0, 0.05) is 12.1 Å². The van der Waals surface area contributed by atoms with Crippen LogP contribution in [0, 0.1) is 0 Å². The van der Waals surface area contributed by atoms with E-state index in [0.717, 1.165) is 0 Å². The Balaban J connectivity index is 2.06. The van der Waals surface area contributed by atoms with Gasteiger partial charge in [0.1, 0.15) is 6.04 Å². The maximum atomic E-state index is 12.7. The molecule has 27 heavy (non-hydrogen) atoms. The lowest BCUT2D eigenvalue weighted by molar-refractivity contribution is -0.149. The highest BCUT2D eigenvalue weighted by Crippen LogP contribution is 2.37. The van der Waals surface area contributed by atoms with E-state index in [4.69, 9.17) is 0 Å². The predicted molar refractivity (Wildman–Crippen MR) is 77.2 cm³/mol. The third kappa shape index (κ3) is 5.59. The van der Waals surface area contributed by atoms with Crippen LogP contribution >= 0.6 is 0 Å². The summed E-state index contributed by atoms with van der Waals surface area (Å²) in [5, 5.41) is 4.10. The molecule has 0 radical (unpaired) electrons. The number of halogens is 6. The SMILES string of the molecule is O=C(COC(=O)[C@@H]1CCC(=O)N1)Nc1cc(C(F)(F)F)cc(C(F)(F)F)c1. The van der Waals surface area contributed by atoms with Crippen LogP contribution in [-0.4, -0.2) is 30.4 Å². The molecule has 0 spiro atoms. The number of carbonyl (C=O) groups is 3. The highest BCUT2D eigenvalue weighted by Gasteiger charge is 2.37. The van der Waals surface area contributed by atoms with Crippen molar-refractivity contribution in [3.8, 4) is 0 Å². The van der Waals surface area contributed by atoms with Crippen molar-refractivity contribution in [1.82, 2.24) is 5.32 Å². The van der Waals surface area contributed by atoms with Gasteiger partial charge in [0.25, 0.3) is 5.91 Å². The van der Waals surface area contributed by atoms with Crippen molar-refractivity contribution in [3.05, 3.63) is 29.3 Å². The van der Waals surface area contributed by atoms with E-state index >= 15 is 0 Å². The minimum atomic E-state index is -5.06. The van der Waals surface area contributed by atoms with Gasteiger partial charge in [-0.25, -0.2) is 4.79 Å². The van der Waals surface area contributed by atoms with Gasteiger partial charge < -0.3 is 15.4 Å². The van der Waals surface area contributed by atoms with E-state index < -0.39 is 53.7 Å². The third-order valence-electron chi connectivity index (χ3n) is 3.50. The number of anilines is 1. The average Bonchev–Trinajstić information content (AvgIpc) is 2.97. The second-order valence-corrected chi connectivity index (χ2v) is 5.61. The van der Waals surface area contributed by atoms with E-state index in [1.807, 2.05) is 5.32 Å². The lowest BCUT2D eigenvalue weighted by atomic mass is 10.1. The summed E-state index contributed by atoms with van der Waals surface area (Å²) in [6.45, 7) is -0.942. The van der Waals surface area contributed by atoms with Crippen LogP contribution in [-0.2, 0) is 31.5 Å². The van der Waals surface area contributed by atoms with Crippen molar-refractivity contribution in [2.24, 2.45) is 0 Å². The first kappa shape index (κ1) is 20.5. The normalized spacial score (nSPS) is 17.4. The third-order valence-corrected chi connectivity index (χ3v) is 3.50. The zero-order valence-corrected chi connectivity index (χ0v) is 13.3. The molecule has 2 rings (SSSR count). The first-order valence-corrected chi connectivity index (χ1v) is 7.41. The van der Waals surface area contributed by atoms with Gasteiger partial charge in [-0.2, -0.15) is 26.3 Å². The lowest BCUT2D eigenvalue weighted by Crippen LogP contribution is -2.36. The van der Waals surface area contributed by atoms with E-state index in [9.17, 15) is 40.7 Å². The number of carbonyl (C=O) groups excluding carboxylic acids is 3. The molecule has 1 aliphatic heterocycles.